The molecule has 146 valence electrons. The highest BCUT2D eigenvalue weighted by Crippen LogP contribution is 2.20. The molecular weight excluding hydrogens is 382 g/mol. The van der Waals surface area contributed by atoms with E-state index in [1.807, 2.05) is 83.3 Å². The smallest absolute Gasteiger partial charge is 0.234 e. The second-order valence-corrected chi connectivity index (χ2v) is 7.58. The van der Waals surface area contributed by atoms with Crippen LogP contribution in [0.4, 0.5) is 5.69 Å². The average Bonchev–Trinajstić information content (AvgIpc) is 3.37. The van der Waals surface area contributed by atoms with Gasteiger partial charge in [-0.25, -0.2) is 4.68 Å². The highest BCUT2D eigenvalue weighted by Gasteiger charge is 2.16. The van der Waals surface area contributed by atoms with Crippen molar-refractivity contribution in [2.75, 3.05) is 11.1 Å². The second-order valence-electron chi connectivity index (χ2n) is 6.64. The van der Waals surface area contributed by atoms with E-state index in [9.17, 15) is 4.79 Å². The first kappa shape index (κ1) is 19.0. The van der Waals surface area contributed by atoms with E-state index in [2.05, 4.69) is 27.6 Å². The monoisotopic (exact) mass is 403 g/mol. The Labute approximate surface area is 173 Å². The Kier molecular flexibility index (Phi) is 5.76. The fourth-order valence-corrected chi connectivity index (χ4v) is 3.77. The van der Waals surface area contributed by atoms with Crippen LogP contribution in [0.5, 0.6) is 0 Å². The van der Waals surface area contributed by atoms with Gasteiger partial charge >= 0.3 is 0 Å². The topological polar surface area (TPSA) is 64.7 Å². The molecule has 29 heavy (non-hydrogen) atoms. The molecule has 0 saturated heterocycles. The minimum Gasteiger partial charge on any atom is -0.325 e. The number of amides is 1. The molecule has 0 radical (unpaired) electrons. The predicted octanol–water partition coefficient (Wildman–Crippen LogP) is 4.02. The summed E-state index contributed by atoms with van der Waals surface area (Å²) in [5.41, 5.74) is 3.06. The molecular formula is C22H21N5OS. The number of thioether (sulfide) groups is 1. The molecule has 0 bridgehead atoms. The van der Waals surface area contributed by atoms with Gasteiger partial charge in [-0.1, -0.05) is 54.2 Å². The van der Waals surface area contributed by atoms with Crippen LogP contribution in [0, 0.1) is 6.92 Å². The van der Waals surface area contributed by atoms with E-state index in [1.165, 1.54) is 11.8 Å². The number of anilines is 1. The second kappa shape index (κ2) is 8.79. The van der Waals surface area contributed by atoms with Crippen molar-refractivity contribution in [2.45, 2.75) is 18.5 Å². The highest BCUT2D eigenvalue weighted by atomic mass is 32.2. The Balaban J connectivity index is 1.50. The first-order valence-corrected chi connectivity index (χ1v) is 10.3. The van der Waals surface area contributed by atoms with Crippen LogP contribution < -0.4 is 5.32 Å². The molecule has 0 atom stereocenters. The van der Waals surface area contributed by atoms with Crippen molar-refractivity contribution < 1.29 is 4.79 Å². The van der Waals surface area contributed by atoms with E-state index >= 15 is 0 Å². The Morgan fingerprint density at radius 1 is 1.00 bits per heavy atom. The SMILES string of the molecule is Cc1cccc(NC(=O)CSc2nnc(Cc3ccccc3)n2-n2cccc2)c1. The van der Waals surface area contributed by atoms with E-state index < -0.39 is 0 Å². The third-order valence-electron chi connectivity index (χ3n) is 4.34. The molecule has 4 rings (SSSR count). The van der Waals surface area contributed by atoms with Crippen molar-refractivity contribution in [1.82, 2.24) is 19.5 Å². The third-order valence-corrected chi connectivity index (χ3v) is 5.25. The summed E-state index contributed by atoms with van der Waals surface area (Å²) in [6.45, 7) is 2.00. The van der Waals surface area contributed by atoms with Crippen molar-refractivity contribution in [2.24, 2.45) is 0 Å². The summed E-state index contributed by atoms with van der Waals surface area (Å²) in [6.07, 6.45) is 4.53. The van der Waals surface area contributed by atoms with Crippen molar-refractivity contribution >= 4 is 23.4 Å². The van der Waals surface area contributed by atoms with Gasteiger partial charge in [0.15, 0.2) is 5.82 Å². The van der Waals surface area contributed by atoms with E-state index in [4.69, 9.17) is 0 Å². The summed E-state index contributed by atoms with van der Waals surface area (Å²) < 4.78 is 3.87. The zero-order valence-corrected chi connectivity index (χ0v) is 16.8. The number of carbonyl (C=O) groups excluding carboxylic acids is 1. The molecule has 0 spiro atoms. The Morgan fingerprint density at radius 3 is 2.55 bits per heavy atom. The molecule has 2 heterocycles. The lowest BCUT2D eigenvalue weighted by molar-refractivity contribution is -0.113. The number of hydrogen-bond acceptors (Lipinski definition) is 4. The van der Waals surface area contributed by atoms with Gasteiger partial charge < -0.3 is 5.32 Å². The van der Waals surface area contributed by atoms with Gasteiger partial charge in [0, 0.05) is 24.5 Å². The minimum absolute atomic E-state index is 0.0766. The Hall–Kier alpha value is -3.32. The maximum absolute atomic E-state index is 12.4. The molecule has 2 aromatic heterocycles. The van der Waals surface area contributed by atoms with Crippen LogP contribution >= 0.6 is 11.8 Å². The molecule has 0 saturated carbocycles. The van der Waals surface area contributed by atoms with E-state index in [-0.39, 0.29) is 11.7 Å². The number of rotatable bonds is 7. The largest absolute Gasteiger partial charge is 0.325 e. The van der Waals surface area contributed by atoms with Crippen molar-refractivity contribution in [1.29, 1.82) is 0 Å². The number of nitrogens with one attached hydrogen (secondary N) is 1. The molecule has 0 aliphatic rings. The molecule has 1 N–H and O–H groups in total. The average molecular weight is 404 g/mol. The van der Waals surface area contributed by atoms with Crippen molar-refractivity contribution in [3.8, 4) is 0 Å². The van der Waals surface area contributed by atoms with Crippen LogP contribution in [0.25, 0.3) is 0 Å². The number of benzene rings is 2. The van der Waals surface area contributed by atoms with Gasteiger partial charge in [0.05, 0.1) is 5.75 Å². The van der Waals surface area contributed by atoms with Crippen molar-refractivity contribution in [3.05, 3.63) is 96.1 Å². The molecule has 1 amide bonds. The molecule has 7 heteroatoms. The normalized spacial score (nSPS) is 10.8. The van der Waals surface area contributed by atoms with Gasteiger partial charge in [-0.3, -0.25) is 9.47 Å². The van der Waals surface area contributed by atoms with Crippen molar-refractivity contribution in [3.63, 3.8) is 0 Å². The molecule has 4 aromatic rings. The lowest BCUT2D eigenvalue weighted by Gasteiger charge is -2.11. The van der Waals surface area contributed by atoms with Gasteiger partial charge in [-0.15, -0.1) is 10.2 Å². The zero-order chi connectivity index (χ0) is 20.1. The van der Waals surface area contributed by atoms with Gasteiger partial charge in [-0.05, 0) is 42.3 Å². The molecule has 2 aromatic carbocycles. The number of aryl methyl sites for hydroxylation is 1. The molecule has 0 unspecified atom stereocenters. The van der Waals surface area contributed by atoms with Gasteiger partial charge in [0.25, 0.3) is 0 Å². The van der Waals surface area contributed by atoms with Gasteiger partial charge in [0.2, 0.25) is 11.1 Å². The van der Waals surface area contributed by atoms with Crippen LogP contribution in [0.3, 0.4) is 0 Å². The summed E-state index contributed by atoms with van der Waals surface area (Å²) >= 11 is 1.36. The summed E-state index contributed by atoms with van der Waals surface area (Å²) in [5.74, 6) is 0.986. The van der Waals surface area contributed by atoms with Gasteiger partial charge in [0.1, 0.15) is 0 Å². The predicted molar refractivity (Wildman–Crippen MR) is 115 cm³/mol. The van der Waals surface area contributed by atoms with Crippen LogP contribution in [0.15, 0.2) is 84.3 Å². The van der Waals surface area contributed by atoms with Crippen LogP contribution in [0.2, 0.25) is 0 Å². The van der Waals surface area contributed by atoms with E-state index in [0.29, 0.717) is 11.6 Å². The standard InChI is InChI=1S/C22H21N5OS/c1-17-8-7-11-19(14-17)23-21(28)16-29-22-25-24-20(15-18-9-3-2-4-10-18)27(22)26-12-5-6-13-26/h2-14H,15-16H2,1H3,(H,23,28). The Morgan fingerprint density at radius 2 is 1.79 bits per heavy atom. The van der Waals surface area contributed by atoms with Gasteiger partial charge in [-0.2, -0.15) is 0 Å². The minimum atomic E-state index is -0.0766. The van der Waals surface area contributed by atoms with Crippen LogP contribution in [-0.2, 0) is 11.2 Å². The summed E-state index contributed by atoms with van der Waals surface area (Å²) in [7, 11) is 0. The maximum Gasteiger partial charge on any atom is 0.234 e. The molecule has 0 aliphatic carbocycles. The van der Waals surface area contributed by atoms with E-state index in [0.717, 1.165) is 22.6 Å². The molecule has 6 nitrogen and oxygen atoms in total. The molecule has 0 fully saturated rings. The number of hydrogen-bond donors (Lipinski definition) is 1. The molecule has 0 aliphatic heterocycles. The zero-order valence-electron chi connectivity index (χ0n) is 16.0. The number of nitrogens with zero attached hydrogens (tertiary/aromatic N) is 4. The Bertz CT molecular complexity index is 1090. The van der Waals surface area contributed by atoms with Crippen LogP contribution in [-0.4, -0.2) is 31.2 Å². The summed E-state index contributed by atoms with van der Waals surface area (Å²) in [4.78, 5) is 12.4. The lowest BCUT2D eigenvalue weighted by Crippen LogP contribution is -2.16. The van der Waals surface area contributed by atoms with E-state index in [1.54, 1.807) is 0 Å². The maximum atomic E-state index is 12.4. The third kappa shape index (κ3) is 4.75. The summed E-state index contributed by atoms with van der Waals surface area (Å²) in [6, 6.07) is 21.8. The van der Waals surface area contributed by atoms with Crippen LogP contribution in [0.1, 0.15) is 17.0 Å². The fraction of sp³-hybridized carbons (Fsp3) is 0.136. The first-order valence-electron chi connectivity index (χ1n) is 9.30. The highest BCUT2D eigenvalue weighted by molar-refractivity contribution is 7.99. The number of carbonyl (C=O) groups is 1. The fourth-order valence-electron chi connectivity index (χ4n) is 3.02. The first-order chi connectivity index (χ1) is 14.2. The number of aromatic nitrogens is 4. The lowest BCUT2D eigenvalue weighted by atomic mass is 10.1. The summed E-state index contributed by atoms with van der Waals surface area (Å²) in [5, 5.41) is 12.3. The quantitative estimate of drug-likeness (QED) is 0.473.